The predicted molar refractivity (Wildman–Crippen MR) is 68.4 cm³/mol. The van der Waals surface area contributed by atoms with Crippen LogP contribution in [0.2, 0.25) is 0 Å². The van der Waals surface area contributed by atoms with Crippen LogP contribution in [-0.4, -0.2) is 14.7 Å². The Balaban J connectivity index is 2.70. The molecule has 1 aromatic heterocycles. The molecule has 0 spiro atoms. The molecule has 1 aromatic carbocycles. The summed E-state index contributed by atoms with van der Waals surface area (Å²) in [5.41, 5.74) is 3.82. The summed E-state index contributed by atoms with van der Waals surface area (Å²) in [6.07, 6.45) is 0.973. The van der Waals surface area contributed by atoms with E-state index in [9.17, 15) is 9.50 Å². The van der Waals surface area contributed by atoms with E-state index in [0.29, 0.717) is 11.1 Å². The Hall–Kier alpha value is -1.68. The second kappa shape index (κ2) is 4.53. The number of rotatable bonds is 2. The van der Waals surface area contributed by atoms with Crippen LogP contribution in [0.1, 0.15) is 35.5 Å². The number of hydrogen-bond acceptors (Lipinski definition) is 2. The summed E-state index contributed by atoms with van der Waals surface area (Å²) in [5.74, 6) is -0.302. The SMILES string of the molecule is Cc1cc(-n2cnc(C)c2C)c(C(C)O)cc1F. The molecule has 2 rings (SSSR count). The molecule has 0 aliphatic heterocycles. The first-order chi connectivity index (χ1) is 8.41. The fraction of sp³-hybridized carbons (Fsp3) is 0.357. The van der Waals surface area contributed by atoms with Crippen molar-refractivity contribution in [3.05, 3.63) is 46.8 Å². The van der Waals surface area contributed by atoms with Gasteiger partial charge in [0.25, 0.3) is 0 Å². The quantitative estimate of drug-likeness (QED) is 0.887. The lowest BCUT2D eigenvalue weighted by atomic mass is 10.0. The summed E-state index contributed by atoms with van der Waals surface area (Å²) in [4.78, 5) is 4.23. The van der Waals surface area contributed by atoms with Crippen LogP contribution in [0.25, 0.3) is 5.69 Å². The molecule has 0 aliphatic rings. The van der Waals surface area contributed by atoms with Gasteiger partial charge in [0.05, 0.1) is 23.8 Å². The van der Waals surface area contributed by atoms with Gasteiger partial charge in [0.2, 0.25) is 0 Å². The summed E-state index contributed by atoms with van der Waals surface area (Å²) in [5, 5.41) is 9.78. The minimum Gasteiger partial charge on any atom is -0.389 e. The summed E-state index contributed by atoms with van der Waals surface area (Å²) in [6, 6.07) is 3.13. The molecule has 0 saturated heterocycles. The van der Waals surface area contributed by atoms with Gasteiger partial charge in [-0.3, -0.25) is 0 Å². The van der Waals surface area contributed by atoms with Crippen molar-refractivity contribution in [1.29, 1.82) is 0 Å². The lowest BCUT2D eigenvalue weighted by Crippen LogP contribution is -2.05. The molecule has 1 heterocycles. The van der Waals surface area contributed by atoms with Gasteiger partial charge in [0.15, 0.2) is 0 Å². The zero-order chi connectivity index (χ0) is 13.4. The van der Waals surface area contributed by atoms with Crippen molar-refractivity contribution in [2.75, 3.05) is 0 Å². The van der Waals surface area contributed by atoms with Crippen molar-refractivity contribution in [3.63, 3.8) is 0 Å². The van der Waals surface area contributed by atoms with Gasteiger partial charge in [-0.1, -0.05) is 0 Å². The first-order valence-corrected chi connectivity index (χ1v) is 5.91. The van der Waals surface area contributed by atoms with Gasteiger partial charge in [-0.05, 0) is 45.4 Å². The molecule has 0 saturated carbocycles. The van der Waals surface area contributed by atoms with Gasteiger partial charge >= 0.3 is 0 Å². The normalized spacial score (nSPS) is 12.8. The Morgan fingerprint density at radius 1 is 1.28 bits per heavy atom. The number of halogens is 1. The van der Waals surface area contributed by atoms with Crippen LogP contribution >= 0.6 is 0 Å². The largest absolute Gasteiger partial charge is 0.389 e. The molecular formula is C14H17FN2O. The molecule has 4 heteroatoms. The zero-order valence-electron chi connectivity index (χ0n) is 11.0. The topological polar surface area (TPSA) is 38.0 Å². The van der Waals surface area contributed by atoms with E-state index >= 15 is 0 Å². The number of aliphatic hydroxyl groups excluding tert-OH is 1. The van der Waals surface area contributed by atoms with E-state index in [-0.39, 0.29) is 5.82 Å². The molecule has 0 bridgehead atoms. The number of aromatic nitrogens is 2. The lowest BCUT2D eigenvalue weighted by Gasteiger charge is -2.15. The Labute approximate surface area is 106 Å². The predicted octanol–water partition coefficient (Wildman–Crippen LogP) is 2.99. The van der Waals surface area contributed by atoms with E-state index in [2.05, 4.69) is 4.98 Å². The molecule has 0 fully saturated rings. The summed E-state index contributed by atoms with van der Waals surface area (Å²) < 4.78 is 15.5. The van der Waals surface area contributed by atoms with Crippen molar-refractivity contribution in [3.8, 4) is 5.69 Å². The van der Waals surface area contributed by atoms with Gasteiger partial charge in [0.1, 0.15) is 5.82 Å². The van der Waals surface area contributed by atoms with Crippen molar-refractivity contribution in [2.45, 2.75) is 33.8 Å². The average molecular weight is 248 g/mol. The Morgan fingerprint density at radius 2 is 1.94 bits per heavy atom. The number of benzene rings is 1. The minimum absolute atomic E-state index is 0.302. The zero-order valence-corrected chi connectivity index (χ0v) is 11.0. The van der Waals surface area contributed by atoms with Crippen molar-refractivity contribution in [2.24, 2.45) is 0 Å². The summed E-state index contributed by atoms with van der Waals surface area (Å²) >= 11 is 0. The molecule has 96 valence electrons. The number of imidazole rings is 1. The molecule has 0 amide bonds. The molecule has 0 radical (unpaired) electrons. The van der Waals surface area contributed by atoms with Crippen molar-refractivity contribution >= 4 is 0 Å². The highest BCUT2D eigenvalue weighted by atomic mass is 19.1. The monoisotopic (exact) mass is 248 g/mol. The highest BCUT2D eigenvalue weighted by Crippen LogP contribution is 2.26. The summed E-state index contributed by atoms with van der Waals surface area (Å²) in [6.45, 7) is 7.22. The first kappa shape index (κ1) is 12.8. The fourth-order valence-electron chi connectivity index (χ4n) is 1.97. The molecule has 0 aliphatic carbocycles. The smallest absolute Gasteiger partial charge is 0.126 e. The van der Waals surface area contributed by atoms with E-state index in [1.54, 1.807) is 26.2 Å². The van der Waals surface area contributed by atoms with Crippen LogP contribution in [0.3, 0.4) is 0 Å². The van der Waals surface area contributed by atoms with Crippen LogP contribution in [0.15, 0.2) is 18.5 Å². The van der Waals surface area contributed by atoms with E-state index in [4.69, 9.17) is 0 Å². The Morgan fingerprint density at radius 3 is 2.44 bits per heavy atom. The van der Waals surface area contributed by atoms with Gasteiger partial charge < -0.3 is 9.67 Å². The molecule has 1 atom stereocenters. The molecule has 18 heavy (non-hydrogen) atoms. The molecule has 3 nitrogen and oxygen atoms in total. The average Bonchev–Trinajstić information content (AvgIpc) is 2.63. The Kier molecular flexibility index (Phi) is 3.22. The van der Waals surface area contributed by atoms with Crippen LogP contribution in [0.4, 0.5) is 4.39 Å². The minimum atomic E-state index is -0.725. The van der Waals surface area contributed by atoms with Crippen LogP contribution in [0, 0.1) is 26.6 Å². The first-order valence-electron chi connectivity index (χ1n) is 5.91. The van der Waals surface area contributed by atoms with Gasteiger partial charge in [-0.15, -0.1) is 0 Å². The maximum Gasteiger partial charge on any atom is 0.126 e. The van der Waals surface area contributed by atoms with Crippen LogP contribution in [-0.2, 0) is 0 Å². The number of hydrogen-bond donors (Lipinski definition) is 1. The van der Waals surface area contributed by atoms with Crippen LogP contribution < -0.4 is 0 Å². The second-order valence-corrected chi connectivity index (χ2v) is 4.62. The van der Waals surface area contributed by atoms with Gasteiger partial charge in [-0.2, -0.15) is 0 Å². The van der Waals surface area contributed by atoms with Crippen molar-refractivity contribution in [1.82, 2.24) is 9.55 Å². The second-order valence-electron chi connectivity index (χ2n) is 4.62. The van der Waals surface area contributed by atoms with E-state index < -0.39 is 6.10 Å². The number of aryl methyl sites for hydroxylation is 2. The highest BCUT2D eigenvalue weighted by molar-refractivity contribution is 5.47. The maximum absolute atomic E-state index is 13.6. The third kappa shape index (κ3) is 2.04. The molecular weight excluding hydrogens is 231 g/mol. The highest BCUT2D eigenvalue weighted by Gasteiger charge is 2.15. The maximum atomic E-state index is 13.6. The van der Waals surface area contributed by atoms with E-state index in [1.165, 1.54) is 6.07 Å². The standard InChI is InChI=1S/C14H17FN2O/c1-8-5-14(12(11(4)18)6-13(8)15)17-7-16-9(2)10(17)3/h5-7,11,18H,1-4H3. The lowest BCUT2D eigenvalue weighted by molar-refractivity contribution is 0.198. The molecule has 2 aromatic rings. The third-order valence-corrected chi connectivity index (χ3v) is 3.27. The van der Waals surface area contributed by atoms with Crippen LogP contribution in [0.5, 0.6) is 0 Å². The van der Waals surface area contributed by atoms with E-state index in [1.807, 2.05) is 18.4 Å². The Bertz CT molecular complexity index is 588. The molecule has 1 unspecified atom stereocenters. The van der Waals surface area contributed by atoms with E-state index in [0.717, 1.165) is 17.1 Å². The number of nitrogens with zero attached hydrogens (tertiary/aromatic N) is 2. The number of aliphatic hydroxyl groups is 1. The summed E-state index contributed by atoms with van der Waals surface area (Å²) in [7, 11) is 0. The third-order valence-electron chi connectivity index (χ3n) is 3.27. The van der Waals surface area contributed by atoms with Gasteiger partial charge in [0, 0.05) is 11.3 Å². The molecule has 1 N–H and O–H groups in total. The van der Waals surface area contributed by atoms with Crippen molar-refractivity contribution < 1.29 is 9.50 Å². The fourth-order valence-corrected chi connectivity index (χ4v) is 1.97. The van der Waals surface area contributed by atoms with Gasteiger partial charge in [-0.25, -0.2) is 9.37 Å².